The largest absolute Gasteiger partial charge is 0.488 e. The molecule has 1 aromatic rings. The summed E-state index contributed by atoms with van der Waals surface area (Å²) in [7, 11) is 0. The number of hydrogen-bond donors (Lipinski definition) is 4. The van der Waals surface area contributed by atoms with E-state index in [1.807, 2.05) is 0 Å². The van der Waals surface area contributed by atoms with Crippen molar-refractivity contribution in [3.05, 3.63) is 29.8 Å². The summed E-state index contributed by atoms with van der Waals surface area (Å²) in [5.41, 5.74) is 0.782. The monoisotopic (exact) mass is 596 g/mol. The first-order valence-corrected chi connectivity index (χ1v) is 11.8. The Balaban J connectivity index is 2.86. The van der Waals surface area contributed by atoms with E-state index in [2.05, 4.69) is 74.6 Å². The molecule has 1 aromatic carbocycles. The lowest BCUT2D eigenvalue weighted by Gasteiger charge is -2.24. The van der Waals surface area contributed by atoms with Crippen LogP contribution in [0.2, 0.25) is 0 Å². The quantitative estimate of drug-likeness (QED) is 0.283. The van der Waals surface area contributed by atoms with Crippen molar-refractivity contribution in [2.24, 2.45) is 0 Å². The highest BCUT2D eigenvalue weighted by molar-refractivity contribution is 9.12. The lowest BCUT2D eigenvalue weighted by Crippen LogP contribution is -2.53. The fourth-order valence-corrected chi connectivity index (χ4v) is 3.14. The van der Waals surface area contributed by atoms with Crippen molar-refractivity contribution in [3.8, 4) is 27.2 Å². The van der Waals surface area contributed by atoms with Crippen molar-refractivity contribution in [2.45, 2.75) is 45.4 Å². The van der Waals surface area contributed by atoms with Gasteiger partial charge >= 0.3 is 0 Å². The predicted octanol–water partition coefficient (Wildman–Crippen LogP) is 0.950. The summed E-state index contributed by atoms with van der Waals surface area (Å²) in [6.07, 6.45) is -0.422. The maximum absolute atomic E-state index is 12.4. The first kappa shape index (κ1) is 29.0. The summed E-state index contributed by atoms with van der Waals surface area (Å²) < 4.78 is 5.85. The van der Waals surface area contributed by atoms with Crippen LogP contribution in [0, 0.1) is 21.5 Å². The van der Waals surface area contributed by atoms with Gasteiger partial charge in [-0.2, -0.15) is 0 Å². The van der Waals surface area contributed by atoms with Gasteiger partial charge in [-0.05, 0) is 34.3 Å². The fourth-order valence-electron chi connectivity index (χ4n) is 2.85. The Kier molecular flexibility index (Phi) is 13.4. The van der Waals surface area contributed by atoms with E-state index in [1.165, 1.54) is 13.8 Å². The van der Waals surface area contributed by atoms with E-state index >= 15 is 0 Å². The fraction of sp³-hybridized carbons (Fsp3) is 0.391. The van der Waals surface area contributed by atoms with Crippen LogP contribution >= 0.6 is 31.9 Å². The second kappa shape index (κ2) is 15.8. The molecule has 182 valence electrons. The first-order chi connectivity index (χ1) is 16.2. The van der Waals surface area contributed by atoms with Gasteiger partial charge < -0.3 is 26.0 Å². The minimum Gasteiger partial charge on any atom is -0.488 e. The van der Waals surface area contributed by atoms with Crippen LogP contribution in [0.5, 0.6) is 5.75 Å². The number of hydrogen-bond acceptors (Lipinski definition) is 5. The molecule has 34 heavy (non-hydrogen) atoms. The van der Waals surface area contributed by atoms with E-state index < -0.39 is 24.1 Å². The van der Waals surface area contributed by atoms with Crippen molar-refractivity contribution in [3.63, 3.8) is 0 Å². The van der Waals surface area contributed by atoms with Gasteiger partial charge in [-0.25, -0.2) is 0 Å². The Morgan fingerprint density at radius 2 is 1.41 bits per heavy atom. The van der Waals surface area contributed by atoms with Crippen LogP contribution in [0.3, 0.4) is 0 Å². The van der Waals surface area contributed by atoms with Crippen LogP contribution in [0.25, 0.3) is 0 Å². The van der Waals surface area contributed by atoms with Crippen LogP contribution in [0.15, 0.2) is 24.3 Å². The molecular formula is C23H26Br2N4O5. The average molecular weight is 598 g/mol. The smallest absolute Gasteiger partial charge is 0.247 e. The number of halogens is 2. The molecule has 4 N–H and O–H groups in total. The molecule has 9 nitrogen and oxygen atoms in total. The average Bonchev–Trinajstić information content (AvgIpc) is 2.78. The minimum atomic E-state index is -0.926. The molecule has 0 aliphatic carbocycles. The molecule has 0 saturated heterocycles. The molecule has 0 radical (unpaired) electrons. The zero-order chi connectivity index (χ0) is 25.5. The Hall–Kier alpha value is -3.02. The highest BCUT2D eigenvalue weighted by Gasteiger charge is 2.27. The molecule has 0 bridgehead atoms. The molecule has 1 rings (SSSR count). The normalized spacial score (nSPS) is 12.3. The van der Waals surface area contributed by atoms with Crippen molar-refractivity contribution in [1.29, 1.82) is 0 Å². The maximum Gasteiger partial charge on any atom is 0.247 e. The molecular weight excluding hydrogens is 572 g/mol. The van der Waals surface area contributed by atoms with Crippen LogP contribution < -0.4 is 26.0 Å². The Morgan fingerprint density at radius 3 is 1.91 bits per heavy atom. The Labute approximate surface area is 215 Å². The molecule has 0 aliphatic rings. The molecule has 1 unspecified atom stereocenters. The van der Waals surface area contributed by atoms with E-state index in [0.717, 1.165) is 5.56 Å². The predicted molar refractivity (Wildman–Crippen MR) is 135 cm³/mol. The molecule has 0 saturated carbocycles. The van der Waals surface area contributed by atoms with Crippen LogP contribution in [-0.4, -0.2) is 54.9 Å². The third-order valence-electron chi connectivity index (χ3n) is 4.33. The number of ether oxygens (including phenoxy) is 1. The van der Waals surface area contributed by atoms with Gasteiger partial charge in [-0.1, -0.05) is 24.0 Å². The molecule has 0 aromatic heterocycles. The van der Waals surface area contributed by atoms with Gasteiger partial charge in [0.2, 0.25) is 23.6 Å². The summed E-state index contributed by atoms with van der Waals surface area (Å²) >= 11 is 5.90. The third kappa shape index (κ3) is 11.2. The van der Waals surface area contributed by atoms with Gasteiger partial charge in [0.25, 0.3) is 0 Å². The molecule has 0 aliphatic heterocycles. The highest BCUT2D eigenvalue weighted by atomic mass is 79.9. The topological polar surface area (TPSA) is 126 Å². The second-order valence-corrected chi connectivity index (χ2v) is 7.87. The summed E-state index contributed by atoms with van der Waals surface area (Å²) in [6, 6.07) is 5.18. The van der Waals surface area contributed by atoms with Gasteiger partial charge in [0.05, 0.1) is 13.1 Å². The number of carbonyl (C=O) groups is 4. The zero-order valence-corrected chi connectivity index (χ0v) is 22.1. The lowest BCUT2D eigenvalue weighted by molar-refractivity contribution is -0.130. The Bertz CT molecular complexity index is 993. The van der Waals surface area contributed by atoms with E-state index in [4.69, 9.17) is 4.74 Å². The van der Waals surface area contributed by atoms with Crippen molar-refractivity contribution >= 4 is 55.5 Å². The molecule has 0 heterocycles. The molecule has 11 heteroatoms. The summed E-state index contributed by atoms with van der Waals surface area (Å²) in [5, 5.41) is 10.5. The number of carbonyl (C=O) groups excluding carboxylic acids is 4. The number of amides is 4. The molecule has 4 amide bonds. The van der Waals surface area contributed by atoms with Crippen molar-refractivity contribution in [1.82, 2.24) is 21.3 Å². The van der Waals surface area contributed by atoms with Crippen molar-refractivity contribution < 1.29 is 23.9 Å². The van der Waals surface area contributed by atoms with Crippen LogP contribution in [0.4, 0.5) is 0 Å². The van der Waals surface area contributed by atoms with E-state index in [1.54, 1.807) is 31.2 Å². The van der Waals surface area contributed by atoms with E-state index in [9.17, 15) is 19.2 Å². The third-order valence-corrected chi connectivity index (χ3v) is 4.89. The Morgan fingerprint density at radius 1 is 0.882 bits per heavy atom. The van der Waals surface area contributed by atoms with Gasteiger partial charge in [0.15, 0.2) is 0 Å². The number of benzene rings is 1. The van der Waals surface area contributed by atoms with Gasteiger partial charge in [0.1, 0.15) is 23.9 Å². The van der Waals surface area contributed by atoms with Crippen LogP contribution in [-0.2, 0) is 25.6 Å². The van der Waals surface area contributed by atoms with E-state index in [0.29, 0.717) is 5.75 Å². The summed E-state index contributed by atoms with van der Waals surface area (Å²) in [4.78, 5) is 52.9. The van der Waals surface area contributed by atoms with Crippen molar-refractivity contribution in [2.75, 3.05) is 13.1 Å². The van der Waals surface area contributed by atoms with Crippen LogP contribution in [0.1, 0.15) is 26.3 Å². The molecule has 0 fully saturated rings. The highest BCUT2D eigenvalue weighted by Crippen LogP contribution is 2.16. The maximum atomic E-state index is 12.4. The minimum absolute atomic E-state index is 0.118. The SMILES string of the molecule is CC(=O)NC(Cc1ccc(O[C@H](C)[C@H](NC(C)=O)C(=O)NCC#CBr)cc1)C(=O)NCC#CBr. The van der Waals surface area contributed by atoms with Gasteiger partial charge in [0, 0.05) is 52.1 Å². The summed E-state index contributed by atoms with van der Waals surface area (Å²) in [5.74, 6) is 4.29. The second-order valence-electron chi connectivity index (χ2n) is 7.08. The summed E-state index contributed by atoms with van der Waals surface area (Å²) in [6.45, 7) is 4.58. The number of rotatable bonds is 11. The van der Waals surface area contributed by atoms with Gasteiger partial charge in [-0.15, -0.1) is 0 Å². The standard InChI is InChI=1S/C23H26Br2N4O5/c1-15(21(29-17(3)31)23(33)27-13-5-11-25)34-19-8-6-18(7-9-19)14-20(28-16(2)30)22(32)26-12-4-10-24/h6-9,15,20-21H,12-14H2,1-3H3,(H,26,32)(H,27,33)(H,28,30)(H,29,31)/t15-,20?,21+/m1/s1. The molecule has 0 spiro atoms. The lowest BCUT2D eigenvalue weighted by atomic mass is 10.0. The number of nitrogens with one attached hydrogen (secondary N) is 4. The zero-order valence-electron chi connectivity index (χ0n) is 19.0. The first-order valence-electron chi connectivity index (χ1n) is 10.2. The van der Waals surface area contributed by atoms with E-state index in [-0.39, 0.29) is 37.2 Å². The van der Waals surface area contributed by atoms with Gasteiger partial charge in [-0.3, -0.25) is 19.2 Å². The molecule has 3 atom stereocenters.